The van der Waals surface area contributed by atoms with Crippen molar-refractivity contribution in [2.24, 2.45) is 0 Å². The van der Waals surface area contributed by atoms with Crippen molar-refractivity contribution in [2.45, 2.75) is 13.3 Å². The Kier molecular flexibility index (Phi) is 6.19. The van der Waals surface area contributed by atoms with E-state index in [1.165, 1.54) is 4.90 Å². The molecule has 2 amide bonds. The average Bonchev–Trinajstić information content (AvgIpc) is 2.14. The van der Waals surface area contributed by atoms with E-state index in [-0.39, 0.29) is 12.6 Å². The lowest BCUT2D eigenvalue weighted by Gasteiger charge is -2.20. The Morgan fingerprint density at radius 2 is 2.21 bits per heavy atom. The van der Waals surface area contributed by atoms with E-state index in [4.69, 9.17) is 5.11 Å². The molecule has 0 saturated heterocycles. The largest absolute Gasteiger partial charge is 0.480 e. The fraction of sp³-hybridized carbons (Fsp3) is 0.556. The van der Waals surface area contributed by atoms with Gasteiger partial charge in [-0.25, -0.2) is 4.79 Å². The molecule has 5 nitrogen and oxygen atoms in total. The summed E-state index contributed by atoms with van der Waals surface area (Å²) in [4.78, 5) is 23.0. The van der Waals surface area contributed by atoms with Crippen LogP contribution in [0.2, 0.25) is 0 Å². The summed E-state index contributed by atoms with van der Waals surface area (Å²) in [6.45, 7) is 6.14. The van der Waals surface area contributed by atoms with Gasteiger partial charge >= 0.3 is 12.0 Å². The molecule has 0 unspecified atom stereocenters. The number of nitrogens with zero attached hydrogens (tertiary/aromatic N) is 1. The number of carbonyl (C=O) groups excluding carboxylic acids is 1. The predicted octanol–water partition coefficient (Wildman–Crippen LogP) is 0.679. The van der Waals surface area contributed by atoms with Gasteiger partial charge in [0, 0.05) is 13.1 Å². The van der Waals surface area contributed by atoms with Crippen LogP contribution in [0.1, 0.15) is 13.3 Å². The zero-order chi connectivity index (χ0) is 11.0. The van der Waals surface area contributed by atoms with E-state index >= 15 is 0 Å². The van der Waals surface area contributed by atoms with E-state index < -0.39 is 5.97 Å². The Hall–Kier alpha value is -1.52. The molecule has 0 rings (SSSR count). The van der Waals surface area contributed by atoms with Gasteiger partial charge in [-0.2, -0.15) is 0 Å². The number of carboxylic acid groups (broad SMARTS) is 1. The third-order valence-electron chi connectivity index (χ3n) is 1.52. The summed E-state index contributed by atoms with van der Waals surface area (Å²) >= 11 is 0. The van der Waals surface area contributed by atoms with Crippen LogP contribution in [-0.2, 0) is 4.79 Å². The van der Waals surface area contributed by atoms with Crippen molar-refractivity contribution in [1.29, 1.82) is 0 Å². The smallest absolute Gasteiger partial charge is 0.323 e. The normalized spacial score (nSPS) is 9.21. The number of urea groups is 1. The van der Waals surface area contributed by atoms with Crippen molar-refractivity contribution >= 4 is 12.0 Å². The molecule has 2 N–H and O–H groups in total. The highest BCUT2D eigenvalue weighted by molar-refractivity contribution is 5.80. The molecule has 0 heterocycles. The van der Waals surface area contributed by atoms with Gasteiger partial charge in [-0.1, -0.05) is 13.0 Å². The summed E-state index contributed by atoms with van der Waals surface area (Å²) in [6.07, 6.45) is 2.43. The number of amides is 2. The lowest BCUT2D eigenvalue weighted by Crippen LogP contribution is -2.42. The van der Waals surface area contributed by atoms with E-state index in [0.29, 0.717) is 13.1 Å². The quantitative estimate of drug-likeness (QED) is 0.619. The molecular weight excluding hydrogens is 184 g/mol. The monoisotopic (exact) mass is 200 g/mol. The van der Waals surface area contributed by atoms with Crippen LogP contribution in [0.15, 0.2) is 12.7 Å². The summed E-state index contributed by atoms with van der Waals surface area (Å²) in [5, 5.41) is 10.6. The molecule has 0 aliphatic carbocycles. The SMILES string of the molecule is C=CCN(CCC)C(=O)NCC(=O)O. The number of rotatable bonds is 6. The maximum absolute atomic E-state index is 11.3. The molecule has 0 aliphatic rings. The van der Waals surface area contributed by atoms with Gasteiger partial charge in [0.05, 0.1) is 0 Å². The molecule has 0 aliphatic heterocycles. The van der Waals surface area contributed by atoms with Crippen molar-refractivity contribution in [3.63, 3.8) is 0 Å². The molecule has 14 heavy (non-hydrogen) atoms. The first-order valence-corrected chi connectivity index (χ1v) is 4.47. The Bertz CT molecular complexity index is 216. The zero-order valence-corrected chi connectivity index (χ0v) is 8.32. The van der Waals surface area contributed by atoms with E-state index in [1.807, 2.05) is 6.92 Å². The third kappa shape index (κ3) is 5.18. The van der Waals surface area contributed by atoms with Crippen LogP contribution < -0.4 is 5.32 Å². The minimum Gasteiger partial charge on any atom is -0.480 e. The predicted molar refractivity (Wildman–Crippen MR) is 53.1 cm³/mol. The minimum absolute atomic E-state index is 0.351. The van der Waals surface area contributed by atoms with Crippen LogP contribution in [0.5, 0.6) is 0 Å². The van der Waals surface area contributed by atoms with Gasteiger partial charge < -0.3 is 15.3 Å². The Morgan fingerprint density at radius 3 is 2.64 bits per heavy atom. The molecule has 0 aromatic carbocycles. The maximum Gasteiger partial charge on any atom is 0.323 e. The van der Waals surface area contributed by atoms with E-state index in [9.17, 15) is 9.59 Å². The van der Waals surface area contributed by atoms with Crippen LogP contribution in [0.3, 0.4) is 0 Å². The maximum atomic E-state index is 11.3. The van der Waals surface area contributed by atoms with Gasteiger partial charge in [0.15, 0.2) is 0 Å². The zero-order valence-electron chi connectivity index (χ0n) is 8.32. The fourth-order valence-electron chi connectivity index (χ4n) is 0.965. The molecule has 0 atom stereocenters. The van der Waals surface area contributed by atoms with Crippen molar-refractivity contribution in [3.05, 3.63) is 12.7 Å². The van der Waals surface area contributed by atoms with E-state index in [0.717, 1.165) is 6.42 Å². The summed E-state index contributed by atoms with van der Waals surface area (Å²) in [5.41, 5.74) is 0. The van der Waals surface area contributed by atoms with Gasteiger partial charge in [0.2, 0.25) is 0 Å². The molecular formula is C9H16N2O3. The lowest BCUT2D eigenvalue weighted by atomic mass is 10.4. The molecule has 80 valence electrons. The van der Waals surface area contributed by atoms with E-state index in [2.05, 4.69) is 11.9 Å². The van der Waals surface area contributed by atoms with Crippen LogP contribution in [0.25, 0.3) is 0 Å². The second kappa shape index (κ2) is 6.94. The number of hydrogen-bond donors (Lipinski definition) is 2. The van der Waals surface area contributed by atoms with Crippen molar-refractivity contribution < 1.29 is 14.7 Å². The molecule has 0 aromatic rings. The first-order valence-electron chi connectivity index (χ1n) is 4.47. The number of carbonyl (C=O) groups is 2. The van der Waals surface area contributed by atoms with Gasteiger partial charge in [-0.05, 0) is 6.42 Å². The lowest BCUT2D eigenvalue weighted by molar-refractivity contribution is -0.135. The standard InChI is InChI=1S/C9H16N2O3/c1-3-5-11(6-4-2)9(14)10-7-8(12)13/h3H,1,4-7H2,2H3,(H,10,14)(H,12,13). The van der Waals surface area contributed by atoms with Crippen molar-refractivity contribution in [1.82, 2.24) is 10.2 Å². The molecule has 0 bridgehead atoms. The second-order valence-electron chi connectivity index (χ2n) is 2.79. The summed E-state index contributed by atoms with van der Waals surface area (Å²) in [5.74, 6) is -1.05. The number of nitrogens with one attached hydrogen (secondary N) is 1. The second-order valence-corrected chi connectivity index (χ2v) is 2.79. The summed E-state index contributed by atoms with van der Waals surface area (Å²) < 4.78 is 0. The Morgan fingerprint density at radius 1 is 1.57 bits per heavy atom. The van der Waals surface area contributed by atoms with Crippen LogP contribution in [-0.4, -0.2) is 41.6 Å². The molecule has 0 aromatic heterocycles. The van der Waals surface area contributed by atoms with Crippen molar-refractivity contribution in [3.8, 4) is 0 Å². The minimum atomic E-state index is -1.05. The molecule has 0 spiro atoms. The van der Waals surface area contributed by atoms with Gasteiger partial charge in [0.1, 0.15) is 6.54 Å². The number of carboxylic acids is 1. The van der Waals surface area contributed by atoms with E-state index in [1.54, 1.807) is 6.08 Å². The highest BCUT2D eigenvalue weighted by Crippen LogP contribution is 1.92. The topological polar surface area (TPSA) is 69.6 Å². The number of aliphatic carboxylic acids is 1. The van der Waals surface area contributed by atoms with Crippen LogP contribution in [0.4, 0.5) is 4.79 Å². The molecule has 5 heteroatoms. The first kappa shape index (κ1) is 12.5. The third-order valence-corrected chi connectivity index (χ3v) is 1.52. The van der Waals surface area contributed by atoms with Crippen molar-refractivity contribution in [2.75, 3.05) is 19.6 Å². The van der Waals surface area contributed by atoms with Gasteiger partial charge in [-0.15, -0.1) is 6.58 Å². The molecule has 0 saturated carbocycles. The average molecular weight is 200 g/mol. The number of hydrogen-bond acceptors (Lipinski definition) is 2. The Labute approximate surface area is 83.4 Å². The van der Waals surface area contributed by atoms with Gasteiger partial charge in [0.25, 0.3) is 0 Å². The molecule has 0 fully saturated rings. The highest BCUT2D eigenvalue weighted by atomic mass is 16.4. The Balaban J connectivity index is 4.00. The fourth-order valence-corrected chi connectivity index (χ4v) is 0.965. The highest BCUT2D eigenvalue weighted by Gasteiger charge is 2.10. The first-order chi connectivity index (χ1) is 6.61. The van der Waals surface area contributed by atoms with Crippen LogP contribution >= 0.6 is 0 Å². The summed E-state index contributed by atoms with van der Waals surface area (Å²) in [7, 11) is 0. The molecule has 0 radical (unpaired) electrons. The summed E-state index contributed by atoms with van der Waals surface area (Å²) in [6, 6.07) is -0.367. The van der Waals surface area contributed by atoms with Gasteiger partial charge in [-0.3, -0.25) is 4.79 Å². The van der Waals surface area contributed by atoms with Crippen LogP contribution in [0, 0.1) is 0 Å².